The number of nitrogens with one attached hydrogen (secondary N) is 1. The topological polar surface area (TPSA) is 117 Å². The van der Waals surface area contributed by atoms with Crippen LogP contribution in [0.15, 0.2) is 29.2 Å². The Morgan fingerprint density at radius 2 is 2.03 bits per heavy atom. The number of sulfone groups is 1. The lowest BCUT2D eigenvalue weighted by Crippen LogP contribution is -2.40. The van der Waals surface area contributed by atoms with Crippen LogP contribution in [0.4, 0.5) is 0 Å². The number of nitrogens with zero attached hydrogens (tertiary/aromatic N) is 2. The molecule has 1 N–H and O–H groups in total. The highest BCUT2D eigenvalue weighted by molar-refractivity contribution is 7.90. The van der Waals surface area contributed by atoms with Crippen molar-refractivity contribution in [2.24, 2.45) is 5.41 Å². The molecule has 1 spiro atoms. The van der Waals surface area contributed by atoms with Gasteiger partial charge in [0.05, 0.1) is 34.0 Å². The van der Waals surface area contributed by atoms with E-state index >= 15 is 0 Å². The van der Waals surface area contributed by atoms with Gasteiger partial charge in [0.1, 0.15) is 0 Å². The molecule has 0 aliphatic carbocycles. The van der Waals surface area contributed by atoms with Gasteiger partial charge in [0, 0.05) is 32.6 Å². The van der Waals surface area contributed by atoms with Crippen LogP contribution in [0.2, 0.25) is 0 Å². The van der Waals surface area contributed by atoms with Crippen LogP contribution in [0, 0.1) is 5.41 Å². The van der Waals surface area contributed by atoms with E-state index in [0.717, 1.165) is 43.3 Å². The average molecular weight is 504 g/mol. The highest BCUT2D eigenvalue weighted by atomic mass is 32.2. The molecule has 0 atom stereocenters. The first-order valence-corrected chi connectivity index (χ1v) is 14.0. The number of fused-ring (bicyclic) bond motifs is 1. The fraction of sp³-hybridized carbons (Fsp3) is 0.560. The van der Waals surface area contributed by atoms with Crippen LogP contribution in [-0.4, -0.2) is 62.7 Å². The quantitative estimate of drug-likeness (QED) is 0.435. The van der Waals surface area contributed by atoms with Crippen LogP contribution in [0.1, 0.15) is 64.7 Å². The number of carbonyl (C=O) groups excluding carboxylic acids is 2. The molecule has 0 bridgehead atoms. The third-order valence-electron chi connectivity index (χ3n) is 6.91. The summed E-state index contributed by atoms with van der Waals surface area (Å²) in [6.07, 6.45) is 5.76. The summed E-state index contributed by atoms with van der Waals surface area (Å²) in [6.45, 7) is 4.92. The predicted octanol–water partition coefficient (Wildman–Crippen LogP) is 2.57. The van der Waals surface area contributed by atoms with Crippen LogP contribution in [0.25, 0.3) is 0 Å². The Morgan fingerprint density at radius 3 is 2.74 bits per heavy atom. The highest BCUT2D eigenvalue weighted by Crippen LogP contribution is 2.37. The molecule has 2 aliphatic rings. The molecule has 2 aliphatic heterocycles. The Hall–Kier alpha value is -2.72. The minimum atomic E-state index is -3.40. The maximum atomic E-state index is 12.9. The van der Waals surface area contributed by atoms with Gasteiger partial charge in [-0.15, -0.1) is 0 Å². The van der Waals surface area contributed by atoms with Gasteiger partial charge in [-0.3, -0.25) is 9.48 Å². The molecule has 0 saturated carbocycles. The van der Waals surface area contributed by atoms with Crippen LogP contribution < -0.4 is 5.32 Å². The van der Waals surface area contributed by atoms with Crippen LogP contribution >= 0.6 is 0 Å². The molecule has 10 heteroatoms. The highest BCUT2D eigenvalue weighted by Gasteiger charge is 2.39. The summed E-state index contributed by atoms with van der Waals surface area (Å²) in [5.74, 6) is -0.591. The molecule has 4 rings (SSSR count). The van der Waals surface area contributed by atoms with E-state index in [4.69, 9.17) is 14.6 Å². The van der Waals surface area contributed by atoms with E-state index in [9.17, 15) is 18.0 Å². The molecule has 0 unspecified atom stereocenters. The lowest BCUT2D eigenvalue weighted by Gasteiger charge is -2.36. The van der Waals surface area contributed by atoms with Crippen molar-refractivity contribution >= 4 is 21.7 Å². The van der Waals surface area contributed by atoms with Crippen molar-refractivity contribution in [3.63, 3.8) is 0 Å². The SMILES string of the molecule is CCc1nn(CCCCOC(=O)c2cccc(S(C)(=O)=O)c2)c2c1C(=O)NCC1(CCOCC1)C2. The zero-order valence-corrected chi connectivity index (χ0v) is 21.2. The summed E-state index contributed by atoms with van der Waals surface area (Å²) in [7, 11) is -3.40. The number of carbonyl (C=O) groups is 2. The summed E-state index contributed by atoms with van der Waals surface area (Å²) in [4.78, 5) is 25.3. The van der Waals surface area contributed by atoms with E-state index in [1.165, 1.54) is 18.2 Å². The number of esters is 1. The van der Waals surface area contributed by atoms with E-state index in [0.29, 0.717) is 44.7 Å². The van der Waals surface area contributed by atoms with Gasteiger partial charge in [0.15, 0.2) is 9.84 Å². The van der Waals surface area contributed by atoms with Gasteiger partial charge in [0.2, 0.25) is 0 Å². The molecule has 1 fully saturated rings. The second-order valence-corrected chi connectivity index (χ2v) is 11.5. The predicted molar refractivity (Wildman–Crippen MR) is 129 cm³/mol. The second kappa shape index (κ2) is 10.5. The number of aryl methyl sites for hydroxylation is 2. The number of ether oxygens (including phenoxy) is 2. The monoisotopic (exact) mass is 503 g/mol. The van der Waals surface area contributed by atoms with Gasteiger partial charge in [-0.1, -0.05) is 13.0 Å². The van der Waals surface area contributed by atoms with E-state index in [2.05, 4.69) is 5.32 Å². The van der Waals surface area contributed by atoms with Crippen molar-refractivity contribution in [2.75, 3.05) is 32.6 Å². The average Bonchev–Trinajstić information content (AvgIpc) is 3.12. The first-order valence-electron chi connectivity index (χ1n) is 12.1. The van der Waals surface area contributed by atoms with E-state index in [-0.39, 0.29) is 28.4 Å². The summed E-state index contributed by atoms with van der Waals surface area (Å²) < 4.78 is 36.3. The summed E-state index contributed by atoms with van der Waals surface area (Å²) in [5.41, 5.74) is 2.74. The minimum Gasteiger partial charge on any atom is -0.462 e. The van der Waals surface area contributed by atoms with Crippen molar-refractivity contribution in [3.05, 3.63) is 46.8 Å². The van der Waals surface area contributed by atoms with Gasteiger partial charge in [0.25, 0.3) is 5.91 Å². The van der Waals surface area contributed by atoms with Crippen LogP contribution in [-0.2, 0) is 38.7 Å². The molecule has 35 heavy (non-hydrogen) atoms. The zero-order valence-electron chi connectivity index (χ0n) is 20.3. The Kier molecular flexibility index (Phi) is 7.61. The molecular formula is C25H33N3O6S. The molecule has 9 nitrogen and oxygen atoms in total. The van der Waals surface area contributed by atoms with E-state index < -0.39 is 15.8 Å². The first kappa shape index (κ1) is 25.4. The Balaban J connectivity index is 1.38. The van der Waals surface area contributed by atoms with Crippen molar-refractivity contribution in [1.29, 1.82) is 0 Å². The third-order valence-corrected chi connectivity index (χ3v) is 8.02. The molecule has 3 heterocycles. The smallest absolute Gasteiger partial charge is 0.338 e. The zero-order chi connectivity index (χ0) is 25.1. The van der Waals surface area contributed by atoms with Gasteiger partial charge in [-0.25, -0.2) is 13.2 Å². The third kappa shape index (κ3) is 5.75. The van der Waals surface area contributed by atoms with Crippen molar-refractivity contribution in [1.82, 2.24) is 15.1 Å². The maximum Gasteiger partial charge on any atom is 0.338 e. The van der Waals surface area contributed by atoms with E-state index in [1.54, 1.807) is 6.07 Å². The normalized spacial score (nSPS) is 17.5. The van der Waals surface area contributed by atoms with Crippen LogP contribution in [0.3, 0.4) is 0 Å². The number of benzene rings is 1. The molecular weight excluding hydrogens is 470 g/mol. The number of unbranched alkanes of at least 4 members (excludes halogenated alkanes) is 1. The number of amides is 1. The van der Waals surface area contributed by atoms with Crippen molar-refractivity contribution in [3.8, 4) is 0 Å². The number of aromatic nitrogens is 2. The first-order chi connectivity index (χ1) is 16.7. The lowest BCUT2D eigenvalue weighted by atomic mass is 9.76. The van der Waals surface area contributed by atoms with Crippen molar-refractivity contribution < 1.29 is 27.5 Å². The van der Waals surface area contributed by atoms with Gasteiger partial charge < -0.3 is 14.8 Å². The maximum absolute atomic E-state index is 12.9. The minimum absolute atomic E-state index is 0.00199. The fourth-order valence-electron chi connectivity index (χ4n) is 4.82. The largest absolute Gasteiger partial charge is 0.462 e. The molecule has 1 amide bonds. The Labute approximate surface area is 206 Å². The summed E-state index contributed by atoms with van der Waals surface area (Å²) >= 11 is 0. The lowest BCUT2D eigenvalue weighted by molar-refractivity contribution is 0.0152. The van der Waals surface area contributed by atoms with Gasteiger partial charge >= 0.3 is 5.97 Å². The second-order valence-electron chi connectivity index (χ2n) is 9.46. The number of hydrogen-bond acceptors (Lipinski definition) is 7. The number of rotatable bonds is 8. The molecule has 190 valence electrons. The molecule has 0 radical (unpaired) electrons. The summed E-state index contributed by atoms with van der Waals surface area (Å²) in [5, 5.41) is 7.88. The van der Waals surface area contributed by atoms with Crippen molar-refractivity contribution in [2.45, 2.75) is 56.9 Å². The van der Waals surface area contributed by atoms with Crippen LogP contribution in [0.5, 0.6) is 0 Å². The van der Waals surface area contributed by atoms with Gasteiger partial charge in [-0.05, 0) is 62.1 Å². The fourth-order valence-corrected chi connectivity index (χ4v) is 5.49. The Bertz CT molecular complexity index is 1200. The molecule has 1 saturated heterocycles. The molecule has 1 aromatic carbocycles. The molecule has 1 aromatic heterocycles. The van der Waals surface area contributed by atoms with E-state index in [1.807, 2.05) is 11.6 Å². The van der Waals surface area contributed by atoms with Gasteiger partial charge in [-0.2, -0.15) is 5.10 Å². The Morgan fingerprint density at radius 1 is 1.26 bits per heavy atom. The summed E-state index contributed by atoms with van der Waals surface area (Å²) in [6, 6.07) is 5.86. The number of hydrogen-bond donors (Lipinski definition) is 1. The standard InChI is InChI=1S/C25H33N3O6S/c1-3-20-22-21(16-25(17-26-23(22)29)9-13-33-14-10-25)28(27-20)11-4-5-12-34-24(30)18-7-6-8-19(15-18)35(2,31)32/h6-8,15H,3-5,9-14,16-17H2,1-2H3,(H,26,29). The molecule has 2 aromatic rings.